The summed E-state index contributed by atoms with van der Waals surface area (Å²) in [7, 11) is 7.65. The van der Waals surface area contributed by atoms with Crippen LogP contribution in [0.15, 0.2) is 102 Å². The molecule has 4 heterocycles. The molecule has 4 aromatic carbocycles. The van der Waals surface area contributed by atoms with Crippen molar-refractivity contribution in [3.05, 3.63) is 134 Å². The molecule has 4 aliphatic heterocycles. The number of benzene rings is 4. The molecule has 520 valence electrons. The minimum atomic E-state index is -2.01. The third-order valence-electron chi connectivity index (χ3n) is 17.8. The van der Waals surface area contributed by atoms with Crippen molar-refractivity contribution in [1.29, 1.82) is 0 Å². The number of methoxy groups -OCH3 is 6. The first-order valence-electron chi connectivity index (χ1n) is 30.5. The Balaban J connectivity index is 0.000000262. The average Bonchev–Trinajstić information content (AvgIpc) is 1.63. The Bertz CT molecular complexity index is 3550. The first-order chi connectivity index (χ1) is 44.5. The molecular formula is C66H91N7O18S2Si2Zn. The molecule has 0 bridgehead atoms. The van der Waals surface area contributed by atoms with Gasteiger partial charge in [0.2, 0.25) is 0 Å². The fraction of sp³-hybridized carbons (Fsp3) is 0.485. The van der Waals surface area contributed by atoms with Crippen LogP contribution in [0.2, 0.25) is 36.3 Å². The topological polar surface area (TPSA) is 297 Å². The molecule has 3 saturated heterocycles. The van der Waals surface area contributed by atoms with E-state index in [0.717, 1.165) is 32.9 Å². The number of anilines is 2. The van der Waals surface area contributed by atoms with Gasteiger partial charge in [-0.25, -0.2) is 9.69 Å². The Morgan fingerprint density at radius 2 is 1.08 bits per heavy atom. The van der Waals surface area contributed by atoms with Crippen molar-refractivity contribution < 1.29 is 95.6 Å². The van der Waals surface area contributed by atoms with Crippen molar-refractivity contribution >= 4 is 84.8 Å². The van der Waals surface area contributed by atoms with Gasteiger partial charge in [0, 0.05) is 85.8 Å². The number of nitrogen functional groups attached to an aromatic ring is 1. The predicted molar refractivity (Wildman–Crippen MR) is 373 cm³/mol. The molecule has 96 heavy (non-hydrogen) atoms. The number of nitro groups is 2. The monoisotopic (exact) mass is 1450 g/mol. The second kappa shape index (κ2) is 33.4. The summed E-state index contributed by atoms with van der Waals surface area (Å²) in [5, 5.41) is 33.8. The number of hydrogen-bond acceptors (Lipinski definition) is 21. The van der Waals surface area contributed by atoms with Crippen molar-refractivity contribution in [2.24, 2.45) is 0 Å². The van der Waals surface area contributed by atoms with E-state index >= 15 is 0 Å². The zero-order valence-electron chi connectivity index (χ0n) is 57.9. The molecule has 3 fully saturated rings. The molecular weight excluding hydrogens is 1360 g/mol. The normalized spacial score (nSPS) is 17.8. The summed E-state index contributed by atoms with van der Waals surface area (Å²) >= 11 is 0. The molecule has 0 spiro atoms. The average molecular weight is 1460 g/mol. The molecule has 0 aliphatic carbocycles. The van der Waals surface area contributed by atoms with Gasteiger partial charge in [-0.1, -0.05) is 99.6 Å². The summed E-state index contributed by atoms with van der Waals surface area (Å²) in [6, 6.07) is 14.0. The van der Waals surface area contributed by atoms with Crippen LogP contribution in [-0.4, -0.2) is 182 Å². The number of nitrogens with two attached hydrogens (primary N) is 1. The van der Waals surface area contributed by atoms with Gasteiger partial charge in [-0.2, -0.15) is 0 Å². The van der Waals surface area contributed by atoms with Gasteiger partial charge in [0.05, 0.1) is 107 Å². The van der Waals surface area contributed by atoms with Crippen LogP contribution < -0.4 is 39.1 Å². The van der Waals surface area contributed by atoms with Crippen molar-refractivity contribution in [3.8, 4) is 34.5 Å². The fourth-order valence-electron chi connectivity index (χ4n) is 10.3. The summed E-state index contributed by atoms with van der Waals surface area (Å²) in [5.74, 6) is 1.53. The largest absolute Gasteiger partial charge is 0.493 e. The molecule has 4 aliphatic rings. The van der Waals surface area contributed by atoms with Crippen molar-refractivity contribution in [3.63, 3.8) is 0 Å². The number of aliphatic hydroxyl groups excluding tert-OH is 1. The number of ether oxygens (including phenoxy) is 7. The molecule has 8 rings (SSSR count). The Morgan fingerprint density at radius 3 is 1.55 bits per heavy atom. The molecule has 4 amide bonds. The fourth-order valence-corrected chi connectivity index (χ4v) is 14.2. The van der Waals surface area contributed by atoms with Crippen LogP contribution in [0.25, 0.3) is 0 Å². The molecule has 3 N–H and O–H groups in total. The molecule has 0 radical (unpaired) electrons. The number of nitrogens with zero attached hydrogens (tertiary/aromatic N) is 6. The van der Waals surface area contributed by atoms with E-state index in [1.54, 1.807) is 29.2 Å². The van der Waals surface area contributed by atoms with Crippen LogP contribution in [0, 0.1) is 20.2 Å². The molecule has 0 aromatic heterocycles. The van der Waals surface area contributed by atoms with Gasteiger partial charge in [0.25, 0.3) is 29.1 Å². The summed E-state index contributed by atoms with van der Waals surface area (Å²) in [5.41, 5.74) is 9.60. The summed E-state index contributed by atoms with van der Waals surface area (Å²) in [4.78, 5) is 81.4. The van der Waals surface area contributed by atoms with Gasteiger partial charge in [-0.05, 0) is 79.8 Å². The Morgan fingerprint density at radius 1 is 0.646 bits per heavy atom. The van der Waals surface area contributed by atoms with E-state index in [1.165, 1.54) is 106 Å². The second-order valence-corrected chi connectivity index (χ2v) is 38.3. The van der Waals surface area contributed by atoms with Crippen molar-refractivity contribution in [1.82, 2.24) is 14.7 Å². The number of hydrogen-bond donors (Lipinski definition) is 2. The first-order valence-corrected chi connectivity index (χ1v) is 38.7. The van der Waals surface area contributed by atoms with Crippen LogP contribution >= 0.6 is 21.6 Å². The number of rotatable bonds is 21. The van der Waals surface area contributed by atoms with Crippen molar-refractivity contribution in [2.75, 3.05) is 98.5 Å². The van der Waals surface area contributed by atoms with Gasteiger partial charge >= 0.3 is 6.09 Å². The molecule has 30 heteroatoms. The molecule has 4 atom stereocenters. The zero-order chi connectivity index (χ0) is 70.8. The standard InChI is InChI=1S/C24H25N3O8S2.C21H32N2O6Si.C21H34N2O4Si.Zn/c1-14-10-19-23(29)26(18-12-21(34-3)20(33-2)11-17(18)22(28)25(19)13-14)24(30)35-8-9-36-37-16-6-4-15(5-7-16)27(31)32;1-14-9-15(13-29-30(7,8)21(2,3)4)22(12-14)20(24)16-10-18(27-5)19(28-6)11-17(16)23(25)26;1-14-9-15(13-27-28(7,8)21(2,3)4)23(12-14)20(24)16-10-18(25-5)19(26-6)11-17(16)22;/h4-7,11-12,19,23,29H,1,8-10,13H2,2-3H3;10-11,15H,1,9,12-13H2,2-8H3;10-11,15H,1,9,12-13,22H2,2-8H3;/t19-,23-;2*15-;/m000./s1. The van der Waals surface area contributed by atoms with Crippen LogP contribution in [0.5, 0.6) is 34.5 Å². The number of amides is 4. The van der Waals surface area contributed by atoms with E-state index < -0.39 is 50.8 Å². The van der Waals surface area contributed by atoms with Gasteiger partial charge in [-0.3, -0.25) is 34.6 Å². The second-order valence-electron chi connectivity index (χ2n) is 26.2. The van der Waals surface area contributed by atoms with E-state index in [0.29, 0.717) is 79.1 Å². The Kier molecular flexibility index (Phi) is 27.6. The third-order valence-corrected chi connectivity index (χ3v) is 29.1. The molecule has 25 nitrogen and oxygen atoms in total. The minimum absolute atomic E-state index is 0. The zero-order valence-corrected chi connectivity index (χ0v) is 64.5. The van der Waals surface area contributed by atoms with Gasteiger partial charge in [0.1, 0.15) is 12.2 Å². The number of aliphatic hydroxyl groups is 1. The number of likely N-dealkylation sites (tertiary alicyclic amines) is 2. The number of carbonyl (C=O) groups is 4. The van der Waals surface area contributed by atoms with Crippen LogP contribution in [0.3, 0.4) is 0 Å². The number of non-ortho nitro benzene ring substituents is 1. The van der Waals surface area contributed by atoms with Gasteiger partial charge < -0.3 is 67.5 Å². The quantitative estimate of drug-likeness (QED) is 0.0149. The Labute approximate surface area is 585 Å². The Hall–Kier alpha value is -7.18. The van der Waals surface area contributed by atoms with E-state index in [2.05, 4.69) is 87.5 Å². The van der Waals surface area contributed by atoms with Crippen LogP contribution in [0.4, 0.5) is 27.5 Å². The van der Waals surface area contributed by atoms with E-state index in [4.69, 9.17) is 47.7 Å². The summed E-state index contributed by atoms with van der Waals surface area (Å²) < 4.78 is 49.9. The maximum absolute atomic E-state index is 13.4. The summed E-state index contributed by atoms with van der Waals surface area (Å²) in [6.07, 6.45) is -0.471. The van der Waals surface area contributed by atoms with Gasteiger partial charge in [-0.15, -0.1) is 0 Å². The third kappa shape index (κ3) is 18.7. The van der Waals surface area contributed by atoms with Crippen LogP contribution in [0.1, 0.15) is 91.9 Å². The van der Waals surface area contributed by atoms with E-state index in [1.807, 2.05) is 4.90 Å². The van der Waals surface area contributed by atoms with Crippen molar-refractivity contribution in [2.45, 2.75) is 126 Å². The summed E-state index contributed by atoms with van der Waals surface area (Å²) in [6.45, 7) is 36.0. The maximum Gasteiger partial charge on any atom is 0.416 e. The first kappa shape index (κ1) is 79.5. The predicted octanol–water partition coefficient (Wildman–Crippen LogP) is 12.6. The SMILES string of the molecule is C=C1C[C@@H](CO[Si](C)(C)C(C)(C)C)N(C(=O)c2cc(OC)c(OC)cc2N)C1.C=C1C[C@@H](CO[Si](C)(C)C(C)(C)C)N(C(=O)c2cc(OC)c(OC)cc2[N+](=O)[O-])C1.C=C1C[C@H]2[C@H](O)N(C(=O)OCCSSc3ccc([N+](=O)[O-])cc3)c3cc(OC)c(OC)cc3C(=O)N2C1.[Zn]. The van der Waals surface area contributed by atoms with Gasteiger partial charge in [0.15, 0.2) is 57.4 Å². The van der Waals surface area contributed by atoms with E-state index in [9.17, 15) is 44.5 Å². The molecule has 0 unspecified atom stereocenters. The maximum atomic E-state index is 13.4. The van der Waals surface area contributed by atoms with Crippen LogP contribution in [-0.2, 0) is 33.1 Å². The van der Waals surface area contributed by atoms with E-state index in [-0.39, 0.29) is 106 Å². The number of nitro benzene ring substituents is 2. The molecule has 4 aromatic rings. The molecule has 0 saturated carbocycles. The smallest absolute Gasteiger partial charge is 0.416 e. The number of fused-ring (bicyclic) bond motifs is 2. The number of carbonyl (C=O) groups excluding carboxylic acids is 4. The minimum Gasteiger partial charge on any atom is -0.493 e.